The summed E-state index contributed by atoms with van der Waals surface area (Å²) in [6.45, 7) is 5.58. The minimum Gasteiger partial charge on any atom is -0.309 e. The summed E-state index contributed by atoms with van der Waals surface area (Å²) < 4.78 is 1.31. The van der Waals surface area contributed by atoms with Crippen molar-refractivity contribution in [2.75, 3.05) is 6.54 Å². The molecule has 1 N–H and O–H groups in total. The van der Waals surface area contributed by atoms with Crippen LogP contribution in [0.2, 0.25) is 0 Å². The molecule has 1 saturated carbocycles. The van der Waals surface area contributed by atoms with Gasteiger partial charge in [-0.05, 0) is 54.2 Å². The number of halogens is 1. The number of aryl methyl sites for hydroxylation is 1. The molecule has 0 saturated heterocycles. The molecule has 0 spiro atoms. The highest BCUT2D eigenvalue weighted by atomic mass is 79.9. The number of thiophene rings is 1. The van der Waals surface area contributed by atoms with Gasteiger partial charge in [0.25, 0.3) is 0 Å². The lowest BCUT2D eigenvalue weighted by Crippen LogP contribution is -2.25. The highest BCUT2D eigenvalue weighted by molar-refractivity contribution is 9.10. The Morgan fingerprint density at radius 2 is 2.11 bits per heavy atom. The Labute approximate surface area is 130 Å². The second-order valence-corrected chi connectivity index (χ2v) is 7.96. The van der Waals surface area contributed by atoms with Crippen molar-refractivity contribution in [3.8, 4) is 0 Å². The van der Waals surface area contributed by atoms with Crippen molar-refractivity contribution in [2.24, 2.45) is 5.92 Å². The van der Waals surface area contributed by atoms with Gasteiger partial charge in [0, 0.05) is 20.3 Å². The van der Waals surface area contributed by atoms with E-state index in [-0.39, 0.29) is 0 Å². The zero-order valence-electron chi connectivity index (χ0n) is 12.2. The fourth-order valence-corrected chi connectivity index (χ4v) is 5.11. The van der Waals surface area contributed by atoms with Gasteiger partial charge < -0.3 is 5.32 Å². The molecule has 1 aliphatic rings. The molecular formula is C16H26BrNS. The van der Waals surface area contributed by atoms with E-state index < -0.39 is 0 Å². The average molecular weight is 344 g/mol. The molecule has 0 aliphatic heterocycles. The topological polar surface area (TPSA) is 12.0 Å². The molecule has 2 rings (SSSR count). The standard InChI is InChI=1S/C16H26BrNS/c1-3-9-18-15(11-13-7-5-4-6-8-13)16-14(17)10-12(2)19-16/h10,13,15,18H,3-9,11H2,1-2H3. The van der Waals surface area contributed by atoms with E-state index in [2.05, 4.69) is 41.2 Å². The normalized spacial score (nSPS) is 18.7. The van der Waals surface area contributed by atoms with Crippen molar-refractivity contribution >= 4 is 27.3 Å². The Morgan fingerprint density at radius 3 is 2.68 bits per heavy atom. The van der Waals surface area contributed by atoms with Gasteiger partial charge in [-0.25, -0.2) is 0 Å². The summed E-state index contributed by atoms with van der Waals surface area (Å²) in [4.78, 5) is 2.92. The summed E-state index contributed by atoms with van der Waals surface area (Å²) >= 11 is 5.70. The third-order valence-electron chi connectivity index (χ3n) is 4.09. The molecule has 0 aromatic carbocycles. The van der Waals surface area contributed by atoms with Gasteiger partial charge in [0.05, 0.1) is 0 Å². The fraction of sp³-hybridized carbons (Fsp3) is 0.750. The zero-order valence-corrected chi connectivity index (χ0v) is 14.6. The Bertz CT molecular complexity index is 382. The van der Waals surface area contributed by atoms with Crippen molar-refractivity contribution in [2.45, 2.75) is 64.8 Å². The minimum absolute atomic E-state index is 0.552. The highest BCUT2D eigenvalue weighted by Crippen LogP contribution is 2.38. The first-order chi connectivity index (χ1) is 9.20. The SMILES string of the molecule is CCCNC(CC1CCCCC1)c1sc(C)cc1Br. The van der Waals surface area contributed by atoms with E-state index in [1.54, 1.807) is 0 Å². The predicted molar refractivity (Wildman–Crippen MR) is 89.0 cm³/mol. The molecule has 108 valence electrons. The summed E-state index contributed by atoms with van der Waals surface area (Å²) in [5.74, 6) is 0.928. The molecule has 0 radical (unpaired) electrons. The molecule has 1 atom stereocenters. The first-order valence-corrected chi connectivity index (χ1v) is 9.31. The Kier molecular flexibility index (Phi) is 6.37. The van der Waals surface area contributed by atoms with Crippen LogP contribution in [0.25, 0.3) is 0 Å². The van der Waals surface area contributed by atoms with Crippen LogP contribution in [0.5, 0.6) is 0 Å². The van der Waals surface area contributed by atoms with Crippen LogP contribution in [0.15, 0.2) is 10.5 Å². The maximum Gasteiger partial charge on any atom is 0.0428 e. The number of rotatable bonds is 6. The largest absolute Gasteiger partial charge is 0.309 e. The molecule has 1 fully saturated rings. The van der Waals surface area contributed by atoms with E-state index in [1.807, 2.05) is 11.3 Å². The van der Waals surface area contributed by atoms with Gasteiger partial charge in [-0.15, -0.1) is 11.3 Å². The average Bonchev–Trinajstić information content (AvgIpc) is 2.75. The third-order valence-corrected chi connectivity index (χ3v) is 6.17. The molecule has 1 heterocycles. The Hall–Kier alpha value is 0.140. The first kappa shape index (κ1) is 15.5. The van der Waals surface area contributed by atoms with Gasteiger partial charge in [0.1, 0.15) is 0 Å². The molecule has 1 nitrogen and oxygen atoms in total. The van der Waals surface area contributed by atoms with Crippen molar-refractivity contribution < 1.29 is 0 Å². The Morgan fingerprint density at radius 1 is 1.37 bits per heavy atom. The molecular weight excluding hydrogens is 318 g/mol. The summed E-state index contributed by atoms with van der Waals surface area (Å²) in [7, 11) is 0. The number of hydrogen-bond donors (Lipinski definition) is 1. The third kappa shape index (κ3) is 4.57. The quantitative estimate of drug-likeness (QED) is 0.684. The smallest absolute Gasteiger partial charge is 0.0428 e. The van der Waals surface area contributed by atoms with Crippen LogP contribution in [-0.4, -0.2) is 6.54 Å². The van der Waals surface area contributed by atoms with Crippen LogP contribution in [0, 0.1) is 12.8 Å². The van der Waals surface area contributed by atoms with Gasteiger partial charge in [-0.3, -0.25) is 0 Å². The molecule has 3 heteroatoms. The summed E-state index contributed by atoms with van der Waals surface area (Å²) in [6, 6.07) is 2.82. The van der Waals surface area contributed by atoms with Crippen molar-refractivity contribution in [3.63, 3.8) is 0 Å². The number of hydrogen-bond acceptors (Lipinski definition) is 2. The molecule has 1 aromatic rings. The van der Waals surface area contributed by atoms with Crippen LogP contribution < -0.4 is 5.32 Å². The van der Waals surface area contributed by atoms with Gasteiger partial charge >= 0.3 is 0 Å². The van der Waals surface area contributed by atoms with E-state index >= 15 is 0 Å². The summed E-state index contributed by atoms with van der Waals surface area (Å²) in [6.07, 6.45) is 9.73. The van der Waals surface area contributed by atoms with Crippen molar-refractivity contribution in [1.29, 1.82) is 0 Å². The fourth-order valence-electron chi connectivity index (χ4n) is 3.10. The van der Waals surface area contributed by atoms with Gasteiger partial charge in [0.2, 0.25) is 0 Å². The molecule has 1 aromatic heterocycles. The zero-order chi connectivity index (χ0) is 13.7. The number of nitrogens with one attached hydrogen (secondary N) is 1. The van der Waals surface area contributed by atoms with Gasteiger partial charge in [0.15, 0.2) is 0 Å². The van der Waals surface area contributed by atoms with Crippen molar-refractivity contribution in [1.82, 2.24) is 5.32 Å². The lowest BCUT2D eigenvalue weighted by molar-refractivity contribution is 0.301. The lowest BCUT2D eigenvalue weighted by Gasteiger charge is -2.27. The van der Waals surface area contributed by atoms with Crippen LogP contribution >= 0.6 is 27.3 Å². The molecule has 0 amide bonds. The molecule has 1 unspecified atom stereocenters. The van der Waals surface area contributed by atoms with Gasteiger partial charge in [-0.1, -0.05) is 39.0 Å². The van der Waals surface area contributed by atoms with Gasteiger partial charge in [-0.2, -0.15) is 0 Å². The minimum atomic E-state index is 0.552. The van der Waals surface area contributed by atoms with Crippen molar-refractivity contribution in [3.05, 3.63) is 20.3 Å². The second-order valence-electron chi connectivity index (χ2n) is 5.82. The Balaban J connectivity index is 2.04. The van der Waals surface area contributed by atoms with Crippen LogP contribution in [-0.2, 0) is 0 Å². The first-order valence-electron chi connectivity index (χ1n) is 7.70. The predicted octanol–water partition coefficient (Wildman–Crippen LogP) is 5.83. The summed E-state index contributed by atoms with van der Waals surface area (Å²) in [5, 5.41) is 3.77. The van der Waals surface area contributed by atoms with E-state index in [1.165, 1.54) is 59.2 Å². The van der Waals surface area contributed by atoms with Crippen LogP contribution in [0.1, 0.15) is 67.7 Å². The highest BCUT2D eigenvalue weighted by Gasteiger charge is 2.22. The monoisotopic (exact) mass is 343 g/mol. The summed E-state index contributed by atoms with van der Waals surface area (Å²) in [5.41, 5.74) is 0. The maximum absolute atomic E-state index is 3.77. The van der Waals surface area contributed by atoms with E-state index in [0.29, 0.717) is 6.04 Å². The molecule has 0 bridgehead atoms. The van der Waals surface area contributed by atoms with E-state index in [9.17, 15) is 0 Å². The molecule has 1 aliphatic carbocycles. The maximum atomic E-state index is 3.77. The lowest BCUT2D eigenvalue weighted by atomic mass is 9.84. The van der Waals surface area contributed by atoms with E-state index in [0.717, 1.165) is 12.5 Å². The van der Waals surface area contributed by atoms with Crippen LogP contribution in [0.4, 0.5) is 0 Å². The van der Waals surface area contributed by atoms with E-state index in [4.69, 9.17) is 0 Å². The second kappa shape index (κ2) is 7.80. The molecule has 19 heavy (non-hydrogen) atoms. The van der Waals surface area contributed by atoms with Crippen LogP contribution in [0.3, 0.4) is 0 Å².